The summed E-state index contributed by atoms with van der Waals surface area (Å²) in [7, 11) is 0. The van der Waals surface area contributed by atoms with Crippen molar-refractivity contribution in [1.29, 1.82) is 0 Å². The topological polar surface area (TPSA) is 64.1 Å². The molecule has 1 aromatic carbocycles. The Hall–Kier alpha value is -1.52. The van der Waals surface area contributed by atoms with Crippen LogP contribution in [0.1, 0.15) is 12.0 Å². The summed E-state index contributed by atoms with van der Waals surface area (Å²) in [6.07, 6.45) is 3.14. The van der Waals surface area contributed by atoms with Crippen molar-refractivity contribution in [2.45, 2.75) is 12.8 Å². The highest BCUT2D eigenvalue weighted by Crippen LogP contribution is 2.20. The number of hydrogen-bond donors (Lipinski definition) is 2. The van der Waals surface area contributed by atoms with Crippen LogP contribution in [0.2, 0.25) is 5.02 Å². The Bertz CT molecular complexity index is 510. The first-order chi connectivity index (χ1) is 8.22. The molecule has 0 unspecified atom stereocenters. The Morgan fingerprint density at radius 3 is 2.94 bits per heavy atom. The first kappa shape index (κ1) is 12.0. The van der Waals surface area contributed by atoms with Crippen LogP contribution >= 0.6 is 11.6 Å². The molecular formula is C12H14ClN3O. The first-order valence-electron chi connectivity index (χ1n) is 5.41. The molecule has 4 nitrogen and oxygen atoms in total. The van der Waals surface area contributed by atoms with Crippen LogP contribution in [0.15, 0.2) is 30.5 Å². The number of rotatable bonds is 4. The molecule has 2 aromatic rings. The molecule has 0 amide bonds. The monoisotopic (exact) mass is 251 g/mol. The van der Waals surface area contributed by atoms with Gasteiger partial charge in [-0.1, -0.05) is 17.7 Å². The summed E-state index contributed by atoms with van der Waals surface area (Å²) in [6, 6.07) is 7.36. The molecule has 0 aliphatic rings. The summed E-state index contributed by atoms with van der Waals surface area (Å²) in [5.74, 6) is 0.598. The lowest BCUT2D eigenvalue weighted by Gasteiger charge is -2.05. The Kier molecular flexibility index (Phi) is 3.66. The van der Waals surface area contributed by atoms with Gasteiger partial charge in [0.15, 0.2) is 0 Å². The molecular weight excluding hydrogens is 238 g/mol. The van der Waals surface area contributed by atoms with Crippen molar-refractivity contribution in [3.05, 3.63) is 41.0 Å². The second-order valence-electron chi connectivity index (χ2n) is 3.77. The molecule has 0 aliphatic carbocycles. The van der Waals surface area contributed by atoms with E-state index in [1.807, 2.05) is 12.1 Å². The van der Waals surface area contributed by atoms with Gasteiger partial charge in [-0.3, -0.25) is 0 Å². The van der Waals surface area contributed by atoms with Gasteiger partial charge in [0.25, 0.3) is 0 Å². The average molecular weight is 252 g/mol. The molecule has 2 rings (SSSR count). The second-order valence-corrected chi connectivity index (χ2v) is 4.21. The maximum atomic E-state index is 8.79. The minimum Gasteiger partial charge on any atom is -0.396 e. The van der Waals surface area contributed by atoms with Crippen molar-refractivity contribution < 1.29 is 5.11 Å². The van der Waals surface area contributed by atoms with E-state index in [1.54, 1.807) is 23.0 Å². The molecule has 5 heteroatoms. The SMILES string of the molecule is Nc1c(CCCO)cnn1-c1cccc(Cl)c1. The molecule has 0 fully saturated rings. The summed E-state index contributed by atoms with van der Waals surface area (Å²) in [5.41, 5.74) is 7.78. The van der Waals surface area contributed by atoms with Crippen molar-refractivity contribution in [2.24, 2.45) is 0 Å². The Labute approximate surface area is 105 Å². The number of aliphatic hydroxyl groups is 1. The van der Waals surface area contributed by atoms with E-state index < -0.39 is 0 Å². The fourth-order valence-corrected chi connectivity index (χ4v) is 1.85. The van der Waals surface area contributed by atoms with Crippen molar-refractivity contribution in [2.75, 3.05) is 12.3 Å². The van der Waals surface area contributed by atoms with Crippen LogP contribution in [-0.2, 0) is 6.42 Å². The Morgan fingerprint density at radius 1 is 1.41 bits per heavy atom. The minimum atomic E-state index is 0.155. The maximum Gasteiger partial charge on any atom is 0.130 e. The van der Waals surface area contributed by atoms with E-state index in [4.69, 9.17) is 22.4 Å². The van der Waals surface area contributed by atoms with E-state index in [0.717, 1.165) is 17.7 Å². The Balaban J connectivity index is 2.30. The van der Waals surface area contributed by atoms with Gasteiger partial charge < -0.3 is 10.8 Å². The van der Waals surface area contributed by atoms with Gasteiger partial charge in [-0.15, -0.1) is 0 Å². The minimum absolute atomic E-state index is 0.155. The van der Waals surface area contributed by atoms with Crippen molar-refractivity contribution >= 4 is 17.4 Å². The highest BCUT2D eigenvalue weighted by molar-refractivity contribution is 6.30. The predicted molar refractivity (Wildman–Crippen MR) is 68.4 cm³/mol. The smallest absolute Gasteiger partial charge is 0.130 e. The zero-order valence-corrected chi connectivity index (χ0v) is 10.1. The molecule has 0 bridgehead atoms. The average Bonchev–Trinajstić information content (AvgIpc) is 2.68. The van der Waals surface area contributed by atoms with Gasteiger partial charge in [-0.05, 0) is 31.0 Å². The summed E-state index contributed by atoms with van der Waals surface area (Å²) in [4.78, 5) is 0. The van der Waals surface area contributed by atoms with Gasteiger partial charge in [0.2, 0.25) is 0 Å². The van der Waals surface area contributed by atoms with Gasteiger partial charge in [-0.2, -0.15) is 5.10 Å². The van der Waals surface area contributed by atoms with Crippen LogP contribution in [0.4, 0.5) is 5.82 Å². The summed E-state index contributed by atoms with van der Waals surface area (Å²) >= 11 is 5.92. The zero-order valence-electron chi connectivity index (χ0n) is 9.31. The molecule has 1 heterocycles. The lowest BCUT2D eigenvalue weighted by molar-refractivity contribution is 0.288. The molecule has 3 N–H and O–H groups in total. The molecule has 0 atom stereocenters. The molecule has 1 aromatic heterocycles. The third kappa shape index (κ3) is 2.60. The molecule has 17 heavy (non-hydrogen) atoms. The molecule has 90 valence electrons. The van der Waals surface area contributed by atoms with Gasteiger partial charge in [-0.25, -0.2) is 4.68 Å². The number of nitrogens with two attached hydrogens (primary N) is 1. The molecule has 0 radical (unpaired) electrons. The van der Waals surface area contributed by atoms with Gasteiger partial charge in [0.1, 0.15) is 5.82 Å². The van der Waals surface area contributed by atoms with E-state index in [1.165, 1.54) is 0 Å². The molecule has 0 spiro atoms. The van der Waals surface area contributed by atoms with Gasteiger partial charge in [0.05, 0.1) is 11.9 Å². The van der Waals surface area contributed by atoms with Crippen LogP contribution in [-0.4, -0.2) is 21.5 Å². The van der Waals surface area contributed by atoms with E-state index in [9.17, 15) is 0 Å². The van der Waals surface area contributed by atoms with Crippen molar-refractivity contribution in [3.63, 3.8) is 0 Å². The zero-order chi connectivity index (χ0) is 12.3. The van der Waals surface area contributed by atoms with Crippen LogP contribution in [0.3, 0.4) is 0 Å². The van der Waals surface area contributed by atoms with E-state index in [2.05, 4.69) is 5.10 Å². The number of aliphatic hydroxyl groups excluding tert-OH is 1. The van der Waals surface area contributed by atoms with Crippen LogP contribution in [0.25, 0.3) is 5.69 Å². The number of nitrogens with zero attached hydrogens (tertiary/aromatic N) is 2. The summed E-state index contributed by atoms with van der Waals surface area (Å²) in [5, 5.41) is 13.7. The van der Waals surface area contributed by atoms with Crippen LogP contribution in [0.5, 0.6) is 0 Å². The largest absolute Gasteiger partial charge is 0.396 e. The quantitative estimate of drug-likeness (QED) is 0.874. The number of benzene rings is 1. The molecule has 0 saturated heterocycles. The van der Waals surface area contributed by atoms with Gasteiger partial charge >= 0.3 is 0 Å². The predicted octanol–water partition coefficient (Wildman–Crippen LogP) is 2.03. The highest BCUT2D eigenvalue weighted by Gasteiger charge is 2.08. The fraction of sp³-hybridized carbons (Fsp3) is 0.250. The number of aryl methyl sites for hydroxylation is 1. The second kappa shape index (κ2) is 5.21. The van der Waals surface area contributed by atoms with Crippen molar-refractivity contribution in [3.8, 4) is 5.69 Å². The third-order valence-electron chi connectivity index (χ3n) is 2.54. The number of anilines is 1. The third-order valence-corrected chi connectivity index (χ3v) is 2.78. The number of hydrogen-bond acceptors (Lipinski definition) is 3. The van der Waals surface area contributed by atoms with Crippen LogP contribution < -0.4 is 5.73 Å². The van der Waals surface area contributed by atoms with E-state index in [0.29, 0.717) is 17.3 Å². The highest BCUT2D eigenvalue weighted by atomic mass is 35.5. The van der Waals surface area contributed by atoms with E-state index in [-0.39, 0.29) is 6.61 Å². The maximum absolute atomic E-state index is 8.79. The van der Waals surface area contributed by atoms with Crippen molar-refractivity contribution in [1.82, 2.24) is 9.78 Å². The van der Waals surface area contributed by atoms with Crippen LogP contribution in [0, 0.1) is 0 Å². The summed E-state index contributed by atoms with van der Waals surface area (Å²) < 4.78 is 1.65. The lowest BCUT2D eigenvalue weighted by atomic mass is 10.2. The van der Waals surface area contributed by atoms with E-state index >= 15 is 0 Å². The standard InChI is InChI=1S/C12H14ClN3O/c13-10-4-1-5-11(7-10)16-12(14)9(8-15-16)3-2-6-17/h1,4-5,7-8,17H,2-3,6,14H2. The lowest BCUT2D eigenvalue weighted by Crippen LogP contribution is -2.03. The van der Waals surface area contributed by atoms with Gasteiger partial charge in [0, 0.05) is 17.2 Å². The fourth-order valence-electron chi connectivity index (χ4n) is 1.67. The normalized spacial score (nSPS) is 10.7. The first-order valence-corrected chi connectivity index (χ1v) is 5.79. The summed E-state index contributed by atoms with van der Waals surface area (Å²) in [6.45, 7) is 0.155. The Morgan fingerprint density at radius 2 is 2.24 bits per heavy atom. The molecule has 0 saturated carbocycles. The number of halogens is 1. The number of aromatic nitrogens is 2. The number of nitrogen functional groups attached to an aromatic ring is 1. The molecule has 0 aliphatic heterocycles.